The Morgan fingerprint density at radius 3 is 0.969 bits per heavy atom. The van der Waals surface area contributed by atoms with Gasteiger partial charge in [-0.25, -0.2) is 0 Å². The van der Waals surface area contributed by atoms with Crippen molar-refractivity contribution in [2.45, 2.75) is 108 Å². The van der Waals surface area contributed by atoms with Crippen LogP contribution >= 0.6 is 0 Å². The molecule has 10 nitrogen and oxygen atoms in total. The molecule has 0 bridgehead atoms. The van der Waals surface area contributed by atoms with E-state index >= 15 is 0 Å². The lowest BCUT2D eigenvalue weighted by molar-refractivity contribution is -0.347. The largest absolute Gasteiger partial charge is 0.368 e. The fourth-order valence-electron chi connectivity index (χ4n) is 8.26. The van der Waals surface area contributed by atoms with E-state index in [1.165, 1.54) is 0 Å². The van der Waals surface area contributed by atoms with Gasteiger partial charge in [0.2, 0.25) is 0 Å². The number of benzene rings is 6. The van der Waals surface area contributed by atoms with Crippen LogP contribution in [-0.2, 0) is 87.0 Å². The Morgan fingerprint density at radius 1 is 0.323 bits per heavy atom. The van der Waals surface area contributed by atoms with E-state index in [4.69, 9.17) is 47.4 Å². The van der Waals surface area contributed by atoms with Crippen molar-refractivity contribution < 1.29 is 47.4 Å². The van der Waals surface area contributed by atoms with Crippen LogP contribution < -0.4 is 0 Å². The molecule has 0 N–H and O–H groups in total. The van der Waals surface area contributed by atoms with Gasteiger partial charge < -0.3 is 47.4 Å². The van der Waals surface area contributed by atoms with Gasteiger partial charge in [0.1, 0.15) is 42.7 Å². The molecule has 8 rings (SSSR count). The van der Waals surface area contributed by atoms with Gasteiger partial charge in [0.25, 0.3) is 0 Å². The highest BCUT2D eigenvalue weighted by atomic mass is 16.7. The summed E-state index contributed by atoms with van der Waals surface area (Å²) in [6, 6.07) is 60.4. The first kappa shape index (κ1) is 46.4. The molecule has 2 heterocycles. The smallest absolute Gasteiger partial charge is 0.186 e. The molecule has 0 saturated carbocycles. The quantitative estimate of drug-likeness (QED) is 0.0657. The Bertz CT molecular complexity index is 2200. The molecule has 0 spiro atoms. The monoisotopic (exact) mass is 880 g/mol. The summed E-state index contributed by atoms with van der Waals surface area (Å²) >= 11 is 0. The Morgan fingerprint density at radius 2 is 0.615 bits per heavy atom. The van der Waals surface area contributed by atoms with Crippen molar-refractivity contribution in [1.29, 1.82) is 0 Å². The van der Waals surface area contributed by atoms with E-state index in [-0.39, 0.29) is 6.61 Å². The molecule has 340 valence electrons. The number of hydrogen-bond donors (Lipinski definition) is 0. The SMILES string of the molecule is CO[C@@H]1O[C@H](CO[C@H]2O[C@@H](C)[C@H](OCc3ccccc3)[C@@H](OCc3ccccc3)[C@H]2OCc2ccccc2)[C@@H](OCc2ccccc2)[C@H](OCc2ccccc2)[C@H]1OCc1ccccc1. The number of ether oxygens (including phenoxy) is 10. The summed E-state index contributed by atoms with van der Waals surface area (Å²) in [5, 5.41) is 0. The van der Waals surface area contributed by atoms with E-state index in [1.54, 1.807) is 7.11 Å². The van der Waals surface area contributed by atoms with E-state index in [0.717, 1.165) is 33.4 Å². The summed E-state index contributed by atoms with van der Waals surface area (Å²) in [7, 11) is 1.62. The van der Waals surface area contributed by atoms with E-state index in [2.05, 4.69) is 0 Å². The Balaban J connectivity index is 1.09. The third-order valence-electron chi connectivity index (χ3n) is 11.7. The molecule has 2 aliphatic rings. The van der Waals surface area contributed by atoms with Crippen LogP contribution in [0.3, 0.4) is 0 Å². The minimum Gasteiger partial charge on any atom is -0.368 e. The second-order valence-electron chi connectivity index (χ2n) is 16.4. The van der Waals surface area contributed by atoms with Crippen LogP contribution in [0.15, 0.2) is 182 Å². The lowest BCUT2D eigenvalue weighted by atomic mass is 9.97. The van der Waals surface area contributed by atoms with Crippen molar-refractivity contribution >= 4 is 0 Å². The third kappa shape index (κ3) is 13.3. The molecule has 0 radical (unpaired) electrons. The zero-order valence-corrected chi connectivity index (χ0v) is 37.1. The predicted molar refractivity (Wildman–Crippen MR) is 246 cm³/mol. The normalized spacial score (nSPS) is 25.6. The van der Waals surface area contributed by atoms with Crippen molar-refractivity contribution in [1.82, 2.24) is 0 Å². The maximum Gasteiger partial charge on any atom is 0.186 e. The van der Waals surface area contributed by atoms with Crippen LogP contribution in [0.1, 0.15) is 40.3 Å². The number of rotatable bonds is 22. The van der Waals surface area contributed by atoms with Crippen LogP contribution in [0.2, 0.25) is 0 Å². The van der Waals surface area contributed by atoms with Crippen LogP contribution in [0.5, 0.6) is 0 Å². The van der Waals surface area contributed by atoms with Gasteiger partial charge in [-0.15, -0.1) is 0 Å². The third-order valence-corrected chi connectivity index (χ3v) is 11.7. The summed E-state index contributed by atoms with van der Waals surface area (Å²) in [6.07, 6.45) is -6.59. The van der Waals surface area contributed by atoms with Gasteiger partial charge >= 0.3 is 0 Å². The van der Waals surface area contributed by atoms with Gasteiger partial charge in [0.05, 0.1) is 52.4 Å². The molecule has 10 heteroatoms. The molecule has 2 aliphatic heterocycles. The molecule has 0 aromatic heterocycles. The fraction of sp³-hybridized carbons (Fsp3) is 0.345. The van der Waals surface area contributed by atoms with Crippen LogP contribution in [0.25, 0.3) is 0 Å². The molecule has 2 saturated heterocycles. The molecule has 6 aromatic carbocycles. The molecule has 65 heavy (non-hydrogen) atoms. The molecule has 0 unspecified atom stereocenters. The minimum absolute atomic E-state index is 0.0411. The van der Waals surface area contributed by atoms with E-state index < -0.39 is 61.4 Å². The highest BCUT2D eigenvalue weighted by Crippen LogP contribution is 2.34. The molecular weight excluding hydrogens is 821 g/mol. The molecule has 6 aromatic rings. The predicted octanol–water partition coefficient (Wildman–Crippen LogP) is 9.63. The fourth-order valence-corrected chi connectivity index (χ4v) is 8.26. The Kier molecular flexibility index (Phi) is 17.5. The summed E-state index contributed by atoms with van der Waals surface area (Å²) in [5.41, 5.74) is 6.09. The Hall–Kier alpha value is -5.08. The maximum atomic E-state index is 6.90. The lowest BCUT2D eigenvalue weighted by Crippen LogP contribution is -2.63. The average Bonchev–Trinajstić information content (AvgIpc) is 3.36. The van der Waals surface area contributed by atoms with Gasteiger partial charge in [-0.1, -0.05) is 182 Å². The van der Waals surface area contributed by atoms with Gasteiger partial charge in [-0.05, 0) is 40.3 Å². The number of hydrogen-bond acceptors (Lipinski definition) is 10. The molecular formula is C55H60O10. The van der Waals surface area contributed by atoms with Gasteiger partial charge in [-0.2, -0.15) is 0 Å². The van der Waals surface area contributed by atoms with Crippen LogP contribution in [0, 0.1) is 0 Å². The molecule has 2 fully saturated rings. The van der Waals surface area contributed by atoms with Crippen molar-refractivity contribution in [2.75, 3.05) is 13.7 Å². The first-order valence-electron chi connectivity index (χ1n) is 22.5. The second-order valence-corrected chi connectivity index (χ2v) is 16.4. The molecule has 0 aliphatic carbocycles. The highest BCUT2D eigenvalue weighted by Gasteiger charge is 2.51. The average molecular weight is 881 g/mol. The zero-order chi connectivity index (χ0) is 44.5. The highest BCUT2D eigenvalue weighted by molar-refractivity contribution is 5.18. The minimum atomic E-state index is -0.888. The van der Waals surface area contributed by atoms with Crippen molar-refractivity contribution in [3.8, 4) is 0 Å². The van der Waals surface area contributed by atoms with Crippen LogP contribution in [-0.4, -0.2) is 75.1 Å². The zero-order valence-electron chi connectivity index (χ0n) is 37.1. The first-order valence-corrected chi connectivity index (χ1v) is 22.5. The van der Waals surface area contributed by atoms with Crippen molar-refractivity contribution in [3.63, 3.8) is 0 Å². The van der Waals surface area contributed by atoms with E-state index in [1.807, 2.05) is 189 Å². The standard InChI is InChI=1S/C55H60O10/c1-40-48(57-33-41-21-9-3-10-22-41)50(59-35-43-25-13-5-14-26-43)53(62-38-46-31-19-8-20-32-46)55(64-40)63-39-47-49(58-34-42-23-11-4-12-24-42)51(60-36-44-27-15-6-16-28-44)52(54(56-2)65-47)61-37-45-29-17-7-18-30-45/h3-32,40,47-55H,33-39H2,1-2H3/t40-,47+,48-,49+,50+,51-,52+,53+,54+,55-/m0/s1. The van der Waals surface area contributed by atoms with Crippen molar-refractivity contribution in [3.05, 3.63) is 215 Å². The second kappa shape index (κ2) is 24.4. The summed E-state index contributed by atoms with van der Waals surface area (Å²) in [5.74, 6) is 0. The summed E-state index contributed by atoms with van der Waals surface area (Å²) in [4.78, 5) is 0. The van der Waals surface area contributed by atoms with Crippen molar-refractivity contribution in [2.24, 2.45) is 0 Å². The molecule has 10 atom stereocenters. The van der Waals surface area contributed by atoms with E-state index in [0.29, 0.717) is 39.6 Å². The van der Waals surface area contributed by atoms with Gasteiger partial charge in [-0.3, -0.25) is 0 Å². The van der Waals surface area contributed by atoms with Gasteiger partial charge in [0.15, 0.2) is 12.6 Å². The summed E-state index contributed by atoms with van der Waals surface area (Å²) < 4.78 is 67.4. The number of methoxy groups -OCH3 is 1. The first-order chi connectivity index (χ1) is 32.1. The maximum absolute atomic E-state index is 6.90. The van der Waals surface area contributed by atoms with E-state index in [9.17, 15) is 0 Å². The topological polar surface area (TPSA) is 92.3 Å². The molecule has 0 amide bonds. The summed E-state index contributed by atoms with van der Waals surface area (Å²) in [6.45, 7) is 3.97. The lowest BCUT2D eigenvalue weighted by Gasteiger charge is -2.47. The Labute approximate surface area is 383 Å². The van der Waals surface area contributed by atoms with Gasteiger partial charge in [0, 0.05) is 7.11 Å². The van der Waals surface area contributed by atoms with Crippen LogP contribution in [0.4, 0.5) is 0 Å².